The molecular weight excluding hydrogens is 335 g/mol. The molecular formula is C16H16F3N5O. The quantitative estimate of drug-likeness (QED) is 0.856. The summed E-state index contributed by atoms with van der Waals surface area (Å²) >= 11 is 0. The first-order chi connectivity index (χ1) is 12.0. The molecule has 0 spiro atoms. The lowest BCUT2D eigenvalue weighted by Gasteiger charge is -2.33. The van der Waals surface area contributed by atoms with Crippen molar-refractivity contribution < 1.29 is 18.0 Å². The predicted octanol–water partition coefficient (Wildman–Crippen LogP) is 1.90. The second-order valence-corrected chi connectivity index (χ2v) is 5.73. The van der Waals surface area contributed by atoms with Gasteiger partial charge >= 0.3 is 0 Å². The van der Waals surface area contributed by atoms with Crippen molar-refractivity contribution in [3.8, 4) is 0 Å². The van der Waals surface area contributed by atoms with Gasteiger partial charge in [-0.2, -0.15) is 0 Å². The molecule has 2 heterocycles. The van der Waals surface area contributed by atoms with Crippen molar-refractivity contribution >= 4 is 17.4 Å². The average Bonchev–Trinajstić information content (AvgIpc) is 2.63. The first kappa shape index (κ1) is 17.2. The van der Waals surface area contributed by atoms with E-state index in [4.69, 9.17) is 0 Å². The van der Waals surface area contributed by atoms with Gasteiger partial charge in [-0.05, 0) is 19.2 Å². The number of halogens is 3. The highest BCUT2D eigenvalue weighted by Crippen LogP contribution is 2.20. The van der Waals surface area contributed by atoms with Gasteiger partial charge in [0.15, 0.2) is 17.5 Å². The topological polar surface area (TPSA) is 61.4 Å². The van der Waals surface area contributed by atoms with Crippen molar-refractivity contribution in [3.05, 3.63) is 47.7 Å². The smallest absolute Gasteiger partial charge is 0.274 e. The van der Waals surface area contributed by atoms with E-state index >= 15 is 0 Å². The molecule has 6 nitrogen and oxygen atoms in total. The second kappa shape index (κ2) is 7.06. The average molecular weight is 351 g/mol. The molecule has 1 amide bonds. The Morgan fingerprint density at radius 1 is 1.08 bits per heavy atom. The first-order valence-electron chi connectivity index (χ1n) is 7.66. The lowest BCUT2D eigenvalue weighted by atomic mass is 10.2. The molecule has 0 radical (unpaired) electrons. The van der Waals surface area contributed by atoms with E-state index in [9.17, 15) is 18.0 Å². The van der Waals surface area contributed by atoms with Crippen LogP contribution in [0.1, 0.15) is 10.5 Å². The van der Waals surface area contributed by atoms with Crippen molar-refractivity contribution in [1.82, 2.24) is 14.9 Å². The molecule has 25 heavy (non-hydrogen) atoms. The van der Waals surface area contributed by atoms with Crippen LogP contribution in [0.4, 0.5) is 24.7 Å². The Bertz CT molecular complexity index is 793. The van der Waals surface area contributed by atoms with Crippen LogP contribution in [0.3, 0.4) is 0 Å². The van der Waals surface area contributed by atoms with Gasteiger partial charge in [0.2, 0.25) is 0 Å². The summed E-state index contributed by atoms with van der Waals surface area (Å²) in [4.78, 5) is 24.4. The summed E-state index contributed by atoms with van der Waals surface area (Å²) in [6, 6.07) is 3.18. The van der Waals surface area contributed by atoms with E-state index < -0.39 is 29.0 Å². The number of rotatable bonds is 3. The molecule has 1 aliphatic rings. The van der Waals surface area contributed by atoms with Crippen LogP contribution in [0, 0.1) is 17.5 Å². The van der Waals surface area contributed by atoms with Gasteiger partial charge in [-0.1, -0.05) is 0 Å². The minimum absolute atomic E-state index is 0.00746. The van der Waals surface area contributed by atoms with Crippen molar-refractivity contribution in [2.45, 2.75) is 0 Å². The Balaban J connectivity index is 1.77. The fourth-order valence-corrected chi connectivity index (χ4v) is 2.49. The summed E-state index contributed by atoms with van der Waals surface area (Å²) in [5.74, 6) is -4.57. The molecule has 1 aromatic carbocycles. The van der Waals surface area contributed by atoms with E-state index in [1.165, 1.54) is 12.4 Å². The van der Waals surface area contributed by atoms with Gasteiger partial charge in [-0.25, -0.2) is 23.1 Å². The highest BCUT2D eigenvalue weighted by Gasteiger charge is 2.19. The highest BCUT2D eigenvalue weighted by atomic mass is 19.2. The van der Waals surface area contributed by atoms with E-state index in [0.29, 0.717) is 5.82 Å². The fraction of sp³-hybridized carbons (Fsp3) is 0.312. The lowest BCUT2D eigenvalue weighted by molar-refractivity contribution is 0.102. The maximum atomic E-state index is 13.7. The molecule has 0 saturated carbocycles. The zero-order valence-electron chi connectivity index (χ0n) is 13.5. The molecule has 0 aliphatic carbocycles. The van der Waals surface area contributed by atoms with E-state index in [2.05, 4.69) is 20.2 Å². The van der Waals surface area contributed by atoms with Crippen molar-refractivity contribution in [2.24, 2.45) is 0 Å². The number of hydrogen-bond acceptors (Lipinski definition) is 5. The molecule has 1 fully saturated rings. The van der Waals surface area contributed by atoms with Gasteiger partial charge in [-0.15, -0.1) is 0 Å². The summed E-state index contributed by atoms with van der Waals surface area (Å²) in [7, 11) is 2.02. The summed E-state index contributed by atoms with van der Waals surface area (Å²) in [6.07, 6.45) is 1.24. The third kappa shape index (κ3) is 3.71. The number of anilines is 2. The Morgan fingerprint density at radius 3 is 2.52 bits per heavy atom. The third-order valence-electron chi connectivity index (χ3n) is 4.00. The van der Waals surface area contributed by atoms with Crippen LogP contribution in [-0.4, -0.2) is 54.0 Å². The van der Waals surface area contributed by atoms with Crippen LogP contribution >= 0.6 is 0 Å². The third-order valence-corrected chi connectivity index (χ3v) is 4.00. The number of nitrogens with one attached hydrogen (secondary N) is 1. The zero-order valence-corrected chi connectivity index (χ0v) is 13.5. The van der Waals surface area contributed by atoms with Gasteiger partial charge < -0.3 is 15.1 Å². The summed E-state index contributed by atoms with van der Waals surface area (Å²) < 4.78 is 39.9. The number of aromatic nitrogens is 2. The molecule has 2 aromatic rings. The van der Waals surface area contributed by atoms with Crippen molar-refractivity contribution in [2.75, 3.05) is 43.4 Å². The van der Waals surface area contributed by atoms with E-state index in [-0.39, 0.29) is 5.69 Å². The summed E-state index contributed by atoms with van der Waals surface area (Å²) in [5.41, 5.74) is -0.447. The fourth-order valence-electron chi connectivity index (χ4n) is 2.49. The van der Waals surface area contributed by atoms with E-state index in [1.54, 1.807) is 0 Å². The number of likely N-dealkylation sites (N-methyl/N-ethyl adjacent to an activating group) is 1. The van der Waals surface area contributed by atoms with Gasteiger partial charge in [0, 0.05) is 32.2 Å². The van der Waals surface area contributed by atoms with Crippen LogP contribution < -0.4 is 10.2 Å². The number of carbonyl (C=O) groups is 1. The summed E-state index contributed by atoms with van der Waals surface area (Å²) in [6.45, 7) is 3.25. The minimum Gasteiger partial charge on any atom is -0.354 e. The van der Waals surface area contributed by atoms with Crippen LogP contribution in [0.2, 0.25) is 0 Å². The molecule has 0 atom stereocenters. The normalized spacial score (nSPS) is 15.3. The molecule has 132 valence electrons. The van der Waals surface area contributed by atoms with Gasteiger partial charge in [-0.3, -0.25) is 4.79 Å². The van der Waals surface area contributed by atoms with Gasteiger partial charge in [0.05, 0.1) is 5.69 Å². The monoisotopic (exact) mass is 351 g/mol. The molecule has 1 aromatic heterocycles. The van der Waals surface area contributed by atoms with Gasteiger partial charge in [0.1, 0.15) is 17.8 Å². The van der Waals surface area contributed by atoms with Crippen LogP contribution in [0.25, 0.3) is 0 Å². The number of carbonyl (C=O) groups excluding carboxylic acids is 1. The molecule has 0 bridgehead atoms. The Hall–Kier alpha value is -2.68. The zero-order chi connectivity index (χ0) is 18.0. The Kier molecular flexibility index (Phi) is 4.84. The predicted molar refractivity (Wildman–Crippen MR) is 86.0 cm³/mol. The van der Waals surface area contributed by atoms with E-state index in [1.807, 2.05) is 11.9 Å². The molecule has 9 heteroatoms. The van der Waals surface area contributed by atoms with Crippen molar-refractivity contribution in [1.29, 1.82) is 0 Å². The molecule has 1 aliphatic heterocycles. The number of hydrogen-bond donors (Lipinski definition) is 1. The number of nitrogens with zero attached hydrogens (tertiary/aromatic N) is 4. The highest BCUT2D eigenvalue weighted by molar-refractivity contribution is 6.03. The van der Waals surface area contributed by atoms with E-state index in [0.717, 1.165) is 38.3 Å². The number of piperazine rings is 1. The van der Waals surface area contributed by atoms with Crippen molar-refractivity contribution in [3.63, 3.8) is 0 Å². The standard InChI is InChI=1S/C16H16F3N5O/c1-23-4-6-24(7-5-23)13-8-12(20-9-21-13)16(25)22-11-3-2-10(17)14(18)15(11)19/h2-3,8-9H,4-7H2,1H3,(H,22,25). The second-order valence-electron chi connectivity index (χ2n) is 5.73. The first-order valence-corrected chi connectivity index (χ1v) is 7.66. The number of amides is 1. The Morgan fingerprint density at radius 2 is 1.80 bits per heavy atom. The molecule has 0 unspecified atom stereocenters. The molecule has 1 saturated heterocycles. The number of benzene rings is 1. The molecule has 1 N–H and O–H groups in total. The maximum absolute atomic E-state index is 13.7. The van der Waals surface area contributed by atoms with Crippen LogP contribution in [-0.2, 0) is 0 Å². The van der Waals surface area contributed by atoms with Crippen LogP contribution in [0.15, 0.2) is 24.5 Å². The van der Waals surface area contributed by atoms with Crippen LogP contribution in [0.5, 0.6) is 0 Å². The largest absolute Gasteiger partial charge is 0.354 e. The Labute approximate surface area is 142 Å². The lowest BCUT2D eigenvalue weighted by Crippen LogP contribution is -2.44. The van der Waals surface area contributed by atoms with Gasteiger partial charge in [0.25, 0.3) is 5.91 Å². The summed E-state index contributed by atoms with van der Waals surface area (Å²) in [5, 5.41) is 2.19. The minimum atomic E-state index is -1.64. The molecule has 3 rings (SSSR count). The maximum Gasteiger partial charge on any atom is 0.274 e. The SMILES string of the molecule is CN1CCN(c2cc(C(=O)Nc3ccc(F)c(F)c3F)ncn2)CC1.